The highest BCUT2D eigenvalue weighted by Crippen LogP contribution is 2.30. The van der Waals surface area contributed by atoms with Crippen LogP contribution >= 0.6 is 0 Å². The molecule has 4 unspecified atom stereocenters. The normalized spacial score (nSPS) is 40.1. The zero-order valence-electron chi connectivity index (χ0n) is 10.6. The smallest absolute Gasteiger partial charge is 0.0474 e. The van der Waals surface area contributed by atoms with Crippen molar-refractivity contribution < 1.29 is 5.11 Å². The molecule has 2 rings (SSSR count). The Morgan fingerprint density at radius 3 is 2.69 bits per heavy atom. The van der Waals surface area contributed by atoms with Crippen molar-refractivity contribution in [2.45, 2.75) is 70.4 Å². The van der Waals surface area contributed by atoms with Gasteiger partial charge in [0.1, 0.15) is 0 Å². The number of aliphatic hydroxyl groups excluding tert-OH is 1. The molecule has 0 bridgehead atoms. The van der Waals surface area contributed by atoms with Crippen LogP contribution in [0.3, 0.4) is 0 Å². The van der Waals surface area contributed by atoms with Gasteiger partial charge in [-0.2, -0.15) is 0 Å². The van der Waals surface area contributed by atoms with Crippen LogP contribution in [-0.2, 0) is 0 Å². The Labute approximate surface area is 99.8 Å². The molecule has 2 aliphatic carbocycles. The first-order valence-electron chi connectivity index (χ1n) is 7.20. The van der Waals surface area contributed by atoms with Crippen LogP contribution in [0.15, 0.2) is 0 Å². The van der Waals surface area contributed by atoms with Crippen molar-refractivity contribution in [1.82, 2.24) is 5.32 Å². The first-order valence-corrected chi connectivity index (χ1v) is 7.20. The maximum Gasteiger partial charge on any atom is 0.0474 e. The van der Waals surface area contributed by atoms with Gasteiger partial charge in [-0.1, -0.05) is 32.6 Å². The van der Waals surface area contributed by atoms with Crippen LogP contribution in [0.2, 0.25) is 0 Å². The average Bonchev–Trinajstić information content (AvgIpc) is 2.76. The van der Waals surface area contributed by atoms with Gasteiger partial charge in [0.15, 0.2) is 0 Å². The average molecular weight is 225 g/mol. The minimum absolute atomic E-state index is 0.377. The second kappa shape index (κ2) is 6.02. The lowest BCUT2D eigenvalue weighted by molar-refractivity contribution is 0.184. The maximum atomic E-state index is 9.32. The molecule has 0 aromatic rings. The summed E-state index contributed by atoms with van der Waals surface area (Å²) in [7, 11) is 0. The lowest BCUT2D eigenvalue weighted by atomic mass is 9.83. The third-order valence-electron chi connectivity index (χ3n) is 4.70. The van der Waals surface area contributed by atoms with E-state index in [-0.39, 0.29) is 0 Å². The van der Waals surface area contributed by atoms with Crippen molar-refractivity contribution in [3.63, 3.8) is 0 Å². The highest BCUT2D eigenvalue weighted by Gasteiger charge is 2.30. The van der Waals surface area contributed by atoms with Gasteiger partial charge >= 0.3 is 0 Å². The fraction of sp³-hybridized carbons (Fsp3) is 1.00. The first kappa shape index (κ1) is 12.4. The highest BCUT2D eigenvalue weighted by atomic mass is 16.3. The van der Waals surface area contributed by atoms with Gasteiger partial charge in [-0.25, -0.2) is 0 Å². The Morgan fingerprint density at radius 1 is 1.12 bits per heavy atom. The summed E-state index contributed by atoms with van der Waals surface area (Å²) in [5.74, 6) is 1.47. The van der Waals surface area contributed by atoms with E-state index in [4.69, 9.17) is 0 Å². The van der Waals surface area contributed by atoms with Crippen molar-refractivity contribution >= 4 is 0 Å². The molecule has 2 fully saturated rings. The molecule has 0 heterocycles. The van der Waals surface area contributed by atoms with Crippen LogP contribution in [-0.4, -0.2) is 23.8 Å². The van der Waals surface area contributed by atoms with E-state index in [0.29, 0.717) is 18.6 Å². The Bertz CT molecular complexity index is 207. The van der Waals surface area contributed by atoms with Crippen LogP contribution in [0, 0.1) is 11.8 Å². The standard InChI is InChI=1S/C14H27NO/c1-2-11-5-3-7-13(9-11)15-14-8-4-6-12(14)10-16/h11-16H,2-10H2,1H3. The van der Waals surface area contributed by atoms with Crippen molar-refractivity contribution in [1.29, 1.82) is 0 Å². The van der Waals surface area contributed by atoms with Gasteiger partial charge in [0, 0.05) is 18.7 Å². The number of aliphatic hydroxyl groups is 1. The molecule has 0 aliphatic heterocycles. The molecule has 0 aromatic heterocycles. The topological polar surface area (TPSA) is 32.3 Å². The Balaban J connectivity index is 1.79. The third kappa shape index (κ3) is 2.98. The molecule has 0 radical (unpaired) electrons. The van der Waals surface area contributed by atoms with Crippen molar-refractivity contribution in [2.75, 3.05) is 6.61 Å². The summed E-state index contributed by atoms with van der Waals surface area (Å²) < 4.78 is 0. The zero-order chi connectivity index (χ0) is 11.4. The van der Waals surface area contributed by atoms with E-state index in [1.165, 1.54) is 51.4 Å². The van der Waals surface area contributed by atoms with Crippen LogP contribution in [0.4, 0.5) is 0 Å². The molecule has 2 aliphatic rings. The molecule has 0 saturated heterocycles. The number of hydrogen-bond acceptors (Lipinski definition) is 2. The molecule has 4 atom stereocenters. The highest BCUT2D eigenvalue weighted by molar-refractivity contribution is 4.87. The molecule has 16 heavy (non-hydrogen) atoms. The van der Waals surface area contributed by atoms with Crippen LogP contribution < -0.4 is 5.32 Å². The number of nitrogens with one attached hydrogen (secondary N) is 1. The molecular weight excluding hydrogens is 198 g/mol. The quantitative estimate of drug-likeness (QED) is 0.771. The van der Waals surface area contributed by atoms with Gasteiger partial charge in [0.05, 0.1) is 0 Å². The van der Waals surface area contributed by atoms with Gasteiger partial charge in [-0.05, 0) is 37.5 Å². The SMILES string of the molecule is CCC1CCCC(NC2CCCC2CO)C1. The molecular formula is C14H27NO. The van der Waals surface area contributed by atoms with E-state index >= 15 is 0 Å². The fourth-order valence-electron chi connectivity index (χ4n) is 3.59. The number of hydrogen-bond donors (Lipinski definition) is 2. The first-order chi connectivity index (χ1) is 7.83. The molecule has 2 saturated carbocycles. The van der Waals surface area contributed by atoms with Crippen molar-refractivity contribution in [3.05, 3.63) is 0 Å². The largest absolute Gasteiger partial charge is 0.396 e. The summed E-state index contributed by atoms with van der Waals surface area (Å²) in [6.45, 7) is 2.70. The summed E-state index contributed by atoms with van der Waals surface area (Å²) >= 11 is 0. The van der Waals surface area contributed by atoms with Crippen LogP contribution in [0.1, 0.15) is 58.3 Å². The molecule has 0 amide bonds. The van der Waals surface area contributed by atoms with Gasteiger partial charge in [-0.3, -0.25) is 0 Å². The van der Waals surface area contributed by atoms with E-state index in [1.54, 1.807) is 0 Å². The van der Waals surface area contributed by atoms with E-state index in [0.717, 1.165) is 12.0 Å². The molecule has 2 nitrogen and oxygen atoms in total. The summed E-state index contributed by atoms with van der Waals surface area (Å²) in [6.07, 6.45) is 10.7. The minimum atomic E-state index is 0.377. The van der Waals surface area contributed by atoms with E-state index in [2.05, 4.69) is 12.2 Å². The molecule has 0 aromatic carbocycles. The van der Waals surface area contributed by atoms with Gasteiger partial charge in [-0.15, -0.1) is 0 Å². The van der Waals surface area contributed by atoms with E-state index < -0.39 is 0 Å². The van der Waals surface area contributed by atoms with Gasteiger partial charge < -0.3 is 10.4 Å². The molecule has 2 heteroatoms. The predicted molar refractivity (Wildman–Crippen MR) is 67.4 cm³/mol. The fourth-order valence-corrected chi connectivity index (χ4v) is 3.59. The van der Waals surface area contributed by atoms with E-state index in [9.17, 15) is 5.11 Å². The molecule has 94 valence electrons. The zero-order valence-corrected chi connectivity index (χ0v) is 10.6. The van der Waals surface area contributed by atoms with Crippen molar-refractivity contribution in [2.24, 2.45) is 11.8 Å². The summed E-state index contributed by atoms with van der Waals surface area (Å²) in [5.41, 5.74) is 0. The maximum absolute atomic E-state index is 9.32. The Hall–Kier alpha value is -0.0800. The van der Waals surface area contributed by atoms with E-state index in [1.807, 2.05) is 0 Å². The summed E-state index contributed by atoms with van der Waals surface area (Å²) in [4.78, 5) is 0. The molecule has 0 spiro atoms. The lowest BCUT2D eigenvalue weighted by Crippen LogP contribution is -2.43. The third-order valence-corrected chi connectivity index (χ3v) is 4.70. The van der Waals surface area contributed by atoms with Gasteiger partial charge in [0.2, 0.25) is 0 Å². The predicted octanol–water partition coefficient (Wildman–Crippen LogP) is 2.71. The van der Waals surface area contributed by atoms with Crippen LogP contribution in [0.5, 0.6) is 0 Å². The lowest BCUT2D eigenvalue weighted by Gasteiger charge is -2.33. The number of rotatable bonds is 4. The summed E-state index contributed by atoms with van der Waals surface area (Å²) in [6, 6.07) is 1.33. The van der Waals surface area contributed by atoms with Crippen LogP contribution in [0.25, 0.3) is 0 Å². The summed E-state index contributed by atoms with van der Waals surface area (Å²) in [5, 5.41) is 13.1. The molecule has 2 N–H and O–H groups in total. The Kier molecular flexibility index (Phi) is 4.66. The minimum Gasteiger partial charge on any atom is -0.396 e. The second-order valence-electron chi connectivity index (χ2n) is 5.78. The Morgan fingerprint density at radius 2 is 1.94 bits per heavy atom. The van der Waals surface area contributed by atoms with Gasteiger partial charge in [0.25, 0.3) is 0 Å². The van der Waals surface area contributed by atoms with Crippen molar-refractivity contribution in [3.8, 4) is 0 Å². The second-order valence-corrected chi connectivity index (χ2v) is 5.78. The monoisotopic (exact) mass is 225 g/mol.